The van der Waals surface area contributed by atoms with E-state index in [1.165, 1.54) is 12.1 Å². The molecule has 0 saturated heterocycles. The quantitative estimate of drug-likeness (QED) is 0.804. The second-order valence-electron chi connectivity index (χ2n) is 4.83. The van der Waals surface area contributed by atoms with Crippen LogP contribution in [0.1, 0.15) is 15.9 Å². The fourth-order valence-electron chi connectivity index (χ4n) is 2.40. The van der Waals surface area contributed by atoms with Gasteiger partial charge in [0.05, 0.1) is 18.9 Å². The van der Waals surface area contributed by atoms with E-state index in [4.69, 9.17) is 5.11 Å². The zero-order valence-corrected chi connectivity index (χ0v) is 11.6. The van der Waals surface area contributed by atoms with Crippen LogP contribution in [0, 0.1) is 0 Å². The SMILES string of the molecule is O=C1C=CC(=Nc2cc(O)n(CCO)c2O)c2ccccc21. The minimum Gasteiger partial charge on any atom is -0.494 e. The number of aromatic nitrogens is 1. The summed E-state index contributed by atoms with van der Waals surface area (Å²) in [5.74, 6) is -0.517. The molecular weight excluding hydrogens is 284 g/mol. The lowest BCUT2D eigenvalue weighted by atomic mass is 9.94. The molecule has 0 fully saturated rings. The van der Waals surface area contributed by atoms with E-state index in [1.54, 1.807) is 30.3 Å². The molecule has 0 bridgehead atoms. The van der Waals surface area contributed by atoms with E-state index in [1.807, 2.05) is 0 Å². The number of nitrogens with zero attached hydrogens (tertiary/aromatic N) is 2. The number of fused-ring (bicyclic) bond motifs is 1. The van der Waals surface area contributed by atoms with E-state index in [9.17, 15) is 15.0 Å². The van der Waals surface area contributed by atoms with Crippen LogP contribution in [0.15, 0.2) is 47.5 Å². The summed E-state index contributed by atoms with van der Waals surface area (Å²) < 4.78 is 1.16. The molecule has 0 saturated carbocycles. The normalized spacial score (nSPS) is 15.3. The molecule has 3 N–H and O–H groups in total. The third-order valence-electron chi connectivity index (χ3n) is 3.45. The molecule has 2 aromatic rings. The van der Waals surface area contributed by atoms with Crippen LogP contribution >= 0.6 is 0 Å². The fraction of sp³-hybridized carbons (Fsp3) is 0.125. The van der Waals surface area contributed by atoms with Gasteiger partial charge in [-0.15, -0.1) is 0 Å². The third kappa shape index (κ3) is 2.29. The Kier molecular flexibility index (Phi) is 3.52. The average molecular weight is 298 g/mol. The first-order valence-corrected chi connectivity index (χ1v) is 6.74. The van der Waals surface area contributed by atoms with Crippen LogP contribution in [0.25, 0.3) is 0 Å². The van der Waals surface area contributed by atoms with Crippen molar-refractivity contribution in [3.63, 3.8) is 0 Å². The lowest BCUT2D eigenvalue weighted by molar-refractivity contribution is 0.104. The number of hydrogen-bond acceptors (Lipinski definition) is 5. The van der Waals surface area contributed by atoms with Gasteiger partial charge in [0, 0.05) is 17.2 Å². The van der Waals surface area contributed by atoms with Crippen molar-refractivity contribution in [3.8, 4) is 11.8 Å². The lowest BCUT2D eigenvalue weighted by Gasteiger charge is -2.11. The first-order valence-electron chi connectivity index (χ1n) is 6.74. The van der Waals surface area contributed by atoms with Gasteiger partial charge >= 0.3 is 0 Å². The Morgan fingerprint density at radius 1 is 1.09 bits per heavy atom. The first-order chi connectivity index (χ1) is 10.6. The predicted molar refractivity (Wildman–Crippen MR) is 81.0 cm³/mol. The second kappa shape index (κ2) is 5.50. The van der Waals surface area contributed by atoms with Gasteiger partial charge in [0.1, 0.15) is 5.69 Å². The second-order valence-corrected chi connectivity index (χ2v) is 4.83. The largest absolute Gasteiger partial charge is 0.494 e. The van der Waals surface area contributed by atoms with Crippen molar-refractivity contribution in [1.29, 1.82) is 0 Å². The number of benzene rings is 1. The molecule has 1 aromatic heterocycles. The van der Waals surface area contributed by atoms with Crippen molar-refractivity contribution in [3.05, 3.63) is 53.6 Å². The number of carbonyl (C=O) groups excluding carboxylic acids is 1. The standard InChI is InChI=1S/C16H14N2O4/c19-8-7-18-15(21)9-13(16(18)22)17-12-5-6-14(20)11-4-2-1-3-10(11)12/h1-6,9,19,21-22H,7-8H2. The molecule has 0 atom stereocenters. The predicted octanol–water partition coefficient (Wildman–Crippen LogP) is 1.76. The van der Waals surface area contributed by atoms with E-state index in [2.05, 4.69) is 4.99 Å². The van der Waals surface area contributed by atoms with Crippen LogP contribution in [0.4, 0.5) is 5.69 Å². The van der Waals surface area contributed by atoms with E-state index < -0.39 is 0 Å². The smallest absolute Gasteiger partial charge is 0.220 e. The highest BCUT2D eigenvalue weighted by Gasteiger charge is 2.19. The number of ketones is 1. The number of aliphatic imine (C=N–C) groups is 1. The maximum Gasteiger partial charge on any atom is 0.220 e. The zero-order chi connectivity index (χ0) is 15.7. The maximum atomic E-state index is 11.8. The molecule has 3 rings (SSSR count). The molecule has 1 aromatic carbocycles. The van der Waals surface area contributed by atoms with Crippen molar-refractivity contribution in [2.75, 3.05) is 6.61 Å². The molecular formula is C16H14N2O4. The Morgan fingerprint density at radius 2 is 1.82 bits per heavy atom. The number of allylic oxidation sites excluding steroid dienone is 2. The van der Waals surface area contributed by atoms with Crippen LogP contribution in [0.2, 0.25) is 0 Å². The molecule has 1 aliphatic carbocycles. The molecule has 0 spiro atoms. The molecule has 6 heteroatoms. The Morgan fingerprint density at radius 3 is 2.55 bits per heavy atom. The van der Waals surface area contributed by atoms with Crippen molar-refractivity contribution >= 4 is 17.2 Å². The topological polar surface area (TPSA) is 95.0 Å². The number of rotatable bonds is 3. The number of aliphatic hydroxyl groups is 1. The third-order valence-corrected chi connectivity index (χ3v) is 3.45. The molecule has 6 nitrogen and oxygen atoms in total. The van der Waals surface area contributed by atoms with Gasteiger partial charge in [-0.25, -0.2) is 4.99 Å². The van der Waals surface area contributed by atoms with Gasteiger partial charge in [0.15, 0.2) is 11.7 Å². The average Bonchev–Trinajstić information content (AvgIpc) is 2.78. The maximum absolute atomic E-state index is 11.8. The number of aromatic hydroxyl groups is 2. The summed E-state index contributed by atoms with van der Waals surface area (Å²) in [7, 11) is 0. The van der Waals surface area contributed by atoms with Gasteiger partial charge < -0.3 is 15.3 Å². The molecule has 22 heavy (non-hydrogen) atoms. The Balaban J connectivity index is 2.08. The molecule has 1 heterocycles. The van der Waals surface area contributed by atoms with Crippen LogP contribution in [0.5, 0.6) is 11.8 Å². The highest BCUT2D eigenvalue weighted by Crippen LogP contribution is 2.35. The number of aliphatic hydroxyl groups excluding tert-OH is 1. The fourth-order valence-corrected chi connectivity index (χ4v) is 2.40. The van der Waals surface area contributed by atoms with Gasteiger partial charge in [0.25, 0.3) is 0 Å². The van der Waals surface area contributed by atoms with Gasteiger partial charge in [-0.05, 0) is 12.2 Å². The summed E-state index contributed by atoms with van der Waals surface area (Å²) in [6, 6.07) is 8.37. The molecule has 112 valence electrons. The zero-order valence-electron chi connectivity index (χ0n) is 11.6. The highest BCUT2D eigenvalue weighted by molar-refractivity contribution is 6.24. The van der Waals surface area contributed by atoms with Crippen molar-refractivity contribution < 1.29 is 20.1 Å². The van der Waals surface area contributed by atoms with Crippen LogP contribution in [-0.2, 0) is 6.54 Å². The summed E-state index contributed by atoms with van der Waals surface area (Å²) in [5, 5.41) is 28.8. The van der Waals surface area contributed by atoms with Crippen LogP contribution in [0.3, 0.4) is 0 Å². The Labute approximate surface area is 126 Å². The first kappa shape index (κ1) is 14.1. The molecule has 0 aliphatic heterocycles. The van der Waals surface area contributed by atoms with Crippen molar-refractivity contribution in [2.24, 2.45) is 4.99 Å². The summed E-state index contributed by atoms with van der Waals surface area (Å²) in [4.78, 5) is 16.2. The Hall–Kier alpha value is -2.86. The van der Waals surface area contributed by atoms with Crippen LogP contribution < -0.4 is 0 Å². The summed E-state index contributed by atoms with van der Waals surface area (Å²) in [5.41, 5.74) is 1.91. The van der Waals surface area contributed by atoms with E-state index in [0.717, 1.165) is 4.57 Å². The summed E-state index contributed by atoms with van der Waals surface area (Å²) in [6.07, 6.45) is 2.99. The molecule has 0 radical (unpaired) electrons. The van der Waals surface area contributed by atoms with E-state index >= 15 is 0 Å². The Bertz CT molecular complexity index is 802. The van der Waals surface area contributed by atoms with E-state index in [-0.39, 0.29) is 36.4 Å². The molecule has 0 amide bonds. The minimum absolute atomic E-state index is 0.0629. The van der Waals surface area contributed by atoms with Crippen molar-refractivity contribution in [1.82, 2.24) is 4.57 Å². The summed E-state index contributed by atoms with van der Waals surface area (Å²) >= 11 is 0. The van der Waals surface area contributed by atoms with Gasteiger partial charge in [0.2, 0.25) is 5.88 Å². The lowest BCUT2D eigenvalue weighted by Crippen LogP contribution is -2.11. The van der Waals surface area contributed by atoms with E-state index in [0.29, 0.717) is 16.8 Å². The number of carbonyl (C=O) groups is 1. The molecule has 0 unspecified atom stereocenters. The van der Waals surface area contributed by atoms with Gasteiger partial charge in [-0.2, -0.15) is 0 Å². The summed E-state index contributed by atoms with van der Waals surface area (Å²) in [6.45, 7) is -0.156. The van der Waals surface area contributed by atoms with Crippen LogP contribution in [-0.4, -0.2) is 38.0 Å². The molecule has 1 aliphatic rings. The minimum atomic E-state index is -0.234. The number of hydrogen-bond donors (Lipinski definition) is 3. The highest BCUT2D eigenvalue weighted by atomic mass is 16.3. The van der Waals surface area contributed by atoms with Gasteiger partial charge in [-0.1, -0.05) is 24.3 Å². The van der Waals surface area contributed by atoms with Gasteiger partial charge in [-0.3, -0.25) is 9.36 Å². The van der Waals surface area contributed by atoms with Crippen molar-refractivity contribution in [2.45, 2.75) is 6.54 Å². The monoisotopic (exact) mass is 298 g/mol.